The first kappa shape index (κ1) is 15.0. The number of hydrogen-bond donors (Lipinski definition) is 3. The van der Waals surface area contributed by atoms with Gasteiger partial charge in [0, 0.05) is 0 Å². The quantitative estimate of drug-likeness (QED) is 0.762. The second-order valence-corrected chi connectivity index (χ2v) is 6.55. The van der Waals surface area contributed by atoms with Gasteiger partial charge in [0.05, 0.1) is 11.7 Å². The molecule has 0 radical (unpaired) electrons. The van der Waals surface area contributed by atoms with Crippen molar-refractivity contribution in [1.82, 2.24) is 10.0 Å². The molecular formula is C13H19N3O3S. The molecule has 110 valence electrons. The molecule has 0 spiro atoms. The average molecular weight is 297 g/mol. The van der Waals surface area contributed by atoms with Crippen LogP contribution in [0.5, 0.6) is 0 Å². The van der Waals surface area contributed by atoms with Crippen molar-refractivity contribution in [2.75, 3.05) is 18.9 Å². The van der Waals surface area contributed by atoms with E-state index in [1.165, 1.54) is 13.1 Å². The van der Waals surface area contributed by atoms with Crippen LogP contribution in [-0.2, 0) is 14.8 Å². The molecule has 0 unspecified atom stereocenters. The maximum Gasteiger partial charge on any atom is 0.242 e. The Kier molecular flexibility index (Phi) is 4.74. The Labute approximate surface area is 119 Å². The largest absolute Gasteiger partial charge is 0.324 e. The first-order valence-corrected chi connectivity index (χ1v) is 8.10. The van der Waals surface area contributed by atoms with Gasteiger partial charge in [-0.3, -0.25) is 4.79 Å². The highest BCUT2D eigenvalue weighted by molar-refractivity contribution is 7.89. The zero-order valence-electron chi connectivity index (χ0n) is 11.3. The van der Waals surface area contributed by atoms with E-state index in [0.717, 1.165) is 25.8 Å². The van der Waals surface area contributed by atoms with Gasteiger partial charge in [-0.1, -0.05) is 18.6 Å². The van der Waals surface area contributed by atoms with E-state index in [-0.39, 0.29) is 16.8 Å². The van der Waals surface area contributed by atoms with Gasteiger partial charge < -0.3 is 10.6 Å². The molecule has 6 nitrogen and oxygen atoms in total. The van der Waals surface area contributed by atoms with Crippen LogP contribution in [0, 0.1) is 0 Å². The maximum atomic E-state index is 12.1. The first-order chi connectivity index (χ1) is 9.54. The van der Waals surface area contributed by atoms with Gasteiger partial charge in [-0.05, 0) is 38.6 Å². The summed E-state index contributed by atoms with van der Waals surface area (Å²) in [7, 11) is -2.25. The summed E-state index contributed by atoms with van der Waals surface area (Å²) in [6.07, 6.45) is 2.84. The molecule has 1 aromatic rings. The van der Waals surface area contributed by atoms with Crippen molar-refractivity contribution in [1.29, 1.82) is 0 Å². The molecule has 1 aliphatic rings. The number of carbonyl (C=O) groups excluding carboxylic acids is 1. The summed E-state index contributed by atoms with van der Waals surface area (Å²) >= 11 is 0. The number of benzene rings is 1. The predicted octanol–water partition coefficient (Wildman–Crippen LogP) is 0.675. The van der Waals surface area contributed by atoms with Crippen LogP contribution in [0.1, 0.15) is 19.3 Å². The lowest BCUT2D eigenvalue weighted by molar-refractivity contribution is -0.118. The molecule has 1 fully saturated rings. The summed E-state index contributed by atoms with van der Waals surface area (Å²) in [6, 6.07) is 6.12. The molecule has 1 saturated heterocycles. The highest BCUT2D eigenvalue weighted by Crippen LogP contribution is 2.21. The van der Waals surface area contributed by atoms with Gasteiger partial charge in [0.2, 0.25) is 15.9 Å². The van der Waals surface area contributed by atoms with Gasteiger partial charge in [-0.15, -0.1) is 0 Å². The Morgan fingerprint density at radius 1 is 1.30 bits per heavy atom. The normalized spacial score (nSPS) is 19.6. The maximum absolute atomic E-state index is 12.1. The number of rotatable bonds is 4. The van der Waals surface area contributed by atoms with Crippen molar-refractivity contribution in [2.24, 2.45) is 0 Å². The van der Waals surface area contributed by atoms with Gasteiger partial charge in [0.25, 0.3) is 0 Å². The Bertz CT molecular complexity index is 580. The molecule has 2 rings (SSSR count). The number of hydrogen-bond acceptors (Lipinski definition) is 4. The van der Waals surface area contributed by atoms with Crippen LogP contribution in [0.2, 0.25) is 0 Å². The van der Waals surface area contributed by atoms with Gasteiger partial charge in [0.15, 0.2) is 0 Å². The number of nitrogens with one attached hydrogen (secondary N) is 3. The van der Waals surface area contributed by atoms with Crippen LogP contribution in [0.25, 0.3) is 0 Å². The summed E-state index contributed by atoms with van der Waals surface area (Å²) in [5, 5.41) is 5.83. The van der Waals surface area contributed by atoms with E-state index in [4.69, 9.17) is 0 Å². The van der Waals surface area contributed by atoms with Gasteiger partial charge >= 0.3 is 0 Å². The van der Waals surface area contributed by atoms with Crippen molar-refractivity contribution in [2.45, 2.75) is 30.2 Å². The fourth-order valence-electron chi connectivity index (χ4n) is 2.21. The topological polar surface area (TPSA) is 87.3 Å². The van der Waals surface area contributed by atoms with Crippen LogP contribution in [0.3, 0.4) is 0 Å². The molecule has 3 N–H and O–H groups in total. The van der Waals surface area contributed by atoms with E-state index in [2.05, 4.69) is 15.4 Å². The standard InChI is InChI=1S/C13H19N3O3S/c1-14-20(18,19)12-8-3-2-6-10(12)16-13(17)11-7-4-5-9-15-11/h2-3,6,8,11,14-15H,4-5,7,9H2,1H3,(H,16,17)/t11-/m1/s1. The van der Waals surface area contributed by atoms with Crippen molar-refractivity contribution in [3.8, 4) is 0 Å². The molecule has 1 heterocycles. The highest BCUT2D eigenvalue weighted by atomic mass is 32.2. The minimum absolute atomic E-state index is 0.0756. The lowest BCUT2D eigenvalue weighted by atomic mass is 10.0. The molecular weight excluding hydrogens is 278 g/mol. The van der Waals surface area contributed by atoms with Crippen LogP contribution in [0.4, 0.5) is 5.69 Å². The Morgan fingerprint density at radius 3 is 2.70 bits per heavy atom. The minimum Gasteiger partial charge on any atom is -0.324 e. The lowest BCUT2D eigenvalue weighted by Crippen LogP contribution is -2.43. The fraction of sp³-hybridized carbons (Fsp3) is 0.462. The Morgan fingerprint density at radius 2 is 2.05 bits per heavy atom. The third-order valence-corrected chi connectivity index (χ3v) is 4.80. The van der Waals surface area contributed by atoms with Gasteiger partial charge in [0.1, 0.15) is 4.90 Å². The fourth-order valence-corrected chi connectivity index (χ4v) is 3.10. The summed E-state index contributed by atoms with van der Waals surface area (Å²) < 4.78 is 26.1. The number of para-hydroxylation sites is 1. The third kappa shape index (κ3) is 3.36. The molecule has 0 aliphatic carbocycles. The van der Waals surface area contributed by atoms with Crippen molar-refractivity contribution < 1.29 is 13.2 Å². The SMILES string of the molecule is CNS(=O)(=O)c1ccccc1NC(=O)[C@H]1CCCCN1. The van der Waals surface area contributed by atoms with Crippen molar-refractivity contribution >= 4 is 21.6 Å². The molecule has 1 aromatic carbocycles. The zero-order valence-corrected chi connectivity index (χ0v) is 12.2. The highest BCUT2D eigenvalue weighted by Gasteiger charge is 2.23. The molecule has 20 heavy (non-hydrogen) atoms. The smallest absolute Gasteiger partial charge is 0.242 e. The first-order valence-electron chi connectivity index (χ1n) is 6.61. The zero-order chi connectivity index (χ0) is 14.6. The minimum atomic E-state index is -3.59. The summed E-state index contributed by atoms with van der Waals surface area (Å²) in [5.41, 5.74) is 0.305. The Balaban J connectivity index is 2.19. The monoisotopic (exact) mass is 297 g/mol. The Hall–Kier alpha value is -1.44. The van der Waals surface area contributed by atoms with E-state index in [9.17, 15) is 13.2 Å². The van der Waals surface area contributed by atoms with Crippen molar-refractivity contribution in [3.05, 3.63) is 24.3 Å². The molecule has 7 heteroatoms. The van der Waals surface area contributed by atoms with Crippen LogP contribution in [-0.4, -0.2) is 34.0 Å². The number of anilines is 1. The molecule has 1 aliphatic heterocycles. The molecule has 0 bridgehead atoms. The van der Waals surface area contributed by atoms with E-state index in [0.29, 0.717) is 5.69 Å². The van der Waals surface area contributed by atoms with Crippen LogP contribution in [0.15, 0.2) is 29.2 Å². The second kappa shape index (κ2) is 6.34. The van der Waals surface area contributed by atoms with Crippen LogP contribution < -0.4 is 15.4 Å². The summed E-state index contributed by atoms with van der Waals surface area (Å²) in [4.78, 5) is 12.2. The summed E-state index contributed by atoms with van der Waals surface area (Å²) in [6.45, 7) is 0.814. The van der Waals surface area contributed by atoms with Crippen molar-refractivity contribution in [3.63, 3.8) is 0 Å². The van der Waals surface area contributed by atoms with Crippen LogP contribution >= 0.6 is 0 Å². The van der Waals surface area contributed by atoms with E-state index >= 15 is 0 Å². The number of amides is 1. The molecule has 1 amide bonds. The number of sulfonamides is 1. The number of carbonyl (C=O) groups is 1. The van der Waals surface area contributed by atoms with E-state index in [1.54, 1.807) is 18.2 Å². The second-order valence-electron chi connectivity index (χ2n) is 4.70. The van der Waals surface area contributed by atoms with Gasteiger partial charge in [-0.2, -0.15) is 0 Å². The number of piperidine rings is 1. The van der Waals surface area contributed by atoms with E-state index in [1.807, 2.05) is 0 Å². The average Bonchev–Trinajstić information content (AvgIpc) is 2.48. The van der Waals surface area contributed by atoms with E-state index < -0.39 is 10.0 Å². The lowest BCUT2D eigenvalue weighted by Gasteiger charge is -2.23. The third-order valence-electron chi connectivity index (χ3n) is 3.33. The molecule has 1 atom stereocenters. The molecule has 0 aromatic heterocycles. The van der Waals surface area contributed by atoms with Gasteiger partial charge in [-0.25, -0.2) is 13.1 Å². The summed E-state index contributed by atoms with van der Waals surface area (Å²) in [5.74, 6) is -0.191. The predicted molar refractivity (Wildman–Crippen MR) is 77.0 cm³/mol. The molecule has 0 saturated carbocycles.